The van der Waals surface area contributed by atoms with Crippen molar-refractivity contribution < 1.29 is 9.63 Å². The lowest BCUT2D eigenvalue weighted by Gasteiger charge is -2.27. The second-order valence-electron chi connectivity index (χ2n) is 5.18. The number of Topliss-reactive ketones (excluding diaryl/α,β-unsaturated/α-hetero) is 1. The molecule has 19 heavy (non-hydrogen) atoms. The van der Waals surface area contributed by atoms with Crippen LogP contribution in [-0.2, 0) is 9.63 Å². The summed E-state index contributed by atoms with van der Waals surface area (Å²) < 4.78 is 0. The first-order valence-corrected chi connectivity index (χ1v) is 7.52. The molecule has 0 bridgehead atoms. The molecule has 0 spiro atoms. The van der Waals surface area contributed by atoms with Crippen molar-refractivity contribution >= 4 is 5.78 Å². The van der Waals surface area contributed by atoms with Gasteiger partial charge in [0, 0.05) is 32.6 Å². The lowest BCUT2D eigenvalue weighted by atomic mass is 10.0. The molecule has 2 N–H and O–H groups in total. The Balaban J connectivity index is 2.14. The van der Waals surface area contributed by atoms with E-state index >= 15 is 0 Å². The number of carbonyl (C=O) groups is 1. The van der Waals surface area contributed by atoms with Gasteiger partial charge in [0.25, 0.3) is 0 Å². The van der Waals surface area contributed by atoms with Crippen LogP contribution in [0.1, 0.15) is 39.0 Å². The highest BCUT2D eigenvalue weighted by atomic mass is 16.6. The van der Waals surface area contributed by atoms with Crippen LogP contribution in [0, 0.1) is 0 Å². The molecule has 1 aliphatic heterocycles. The van der Waals surface area contributed by atoms with Crippen molar-refractivity contribution in [3.8, 4) is 0 Å². The Labute approximate surface area is 117 Å². The lowest BCUT2D eigenvalue weighted by molar-refractivity contribution is -0.124. The number of hydroxylamine groups is 1. The highest BCUT2D eigenvalue weighted by Gasteiger charge is 2.17. The number of ketones is 1. The zero-order valence-corrected chi connectivity index (χ0v) is 12.4. The number of nitrogens with zero attached hydrogens (tertiary/aromatic N) is 1. The third-order valence-electron chi connectivity index (χ3n) is 3.57. The summed E-state index contributed by atoms with van der Waals surface area (Å²) in [6, 6.07) is -0.132. The zero-order valence-electron chi connectivity index (χ0n) is 12.4. The van der Waals surface area contributed by atoms with Gasteiger partial charge in [-0.05, 0) is 25.8 Å². The molecule has 1 fully saturated rings. The molecule has 0 aromatic carbocycles. The molecule has 5 nitrogen and oxygen atoms in total. The maximum Gasteiger partial charge on any atom is 0.152 e. The first-order valence-electron chi connectivity index (χ1n) is 7.52. The van der Waals surface area contributed by atoms with E-state index in [1.54, 1.807) is 7.11 Å². The fourth-order valence-electron chi connectivity index (χ4n) is 2.47. The maximum atomic E-state index is 11.9. The number of carbonyl (C=O) groups excluding carboxylic acids is 1. The van der Waals surface area contributed by atoms with Gasteiger partial charge < -0.3 is 15.1 Å². The summed E-state index contributed by atoms with van der Waals surface area (Å²) in [6.07, 6.45) is 4.64. The summed E-state index contributed by atoms with van der Waals surface area (Å²) in [5, 5.41) is 3.36. The molecule has 0 saturated carbocycles. The van der Waals surface area contributed by atoms with Gasteiger partial charge in [0.1, 0.15) is 0 Å². The van der Waals surface area contributed by atoms with E-state index in [0.29, 0.717) is 6.42 Å². The molecular formula is C14H29N3O2. The molecule has 0 amide bonds. The first kappa shape index (κ1) is 16.6. The largest absolute Gasteiger partial charge is 0.314 e. The number of nitrogens with one attached hydrogen (secondary N) is 2. The fourth-order valence-corrected chi connectivity index (χ4v) is 2.47. The van der Waals surface area contributed by atoms with Gasteiger partial charge in [0.15, 0.2) is 5.78 Å². The minimum Gasteiger partial charge on any atom is -0.314 e. The van der Waals surface area contributed by atoms with Crippen molar-refractivity contribution in [1.29, 1.82) is 0 Å². The fraction of sp³-hybridized carbons (Fsp3) is 0.929. The Bertz CT molecular complexity index is 243. The first-order chi connectivity index (χ1) is 9.27. The molecule has 0 aliphatic carbocycles. The van der Waals surface area contributed by atoms with E-state index in [2.05, 4.69) is 15.7 Å². The van der Waals surface area contributed by atoms with Crippen LogP contribution in [0.4, 0.5) is 0 Å². The van der Waals surface area contributed by atoms with Crippen LogP contribution in [0.25, 0.3) is 0 Å². The average molecular weight is 271 g/mol. The van der Waals surface area contributed by atoms with Crippen LogP contribution in [0.3, 0.4) is 0 Å². The Morgan fingerprint density at radius 3 is 2.74 bits per heavy atom. The summed E-state index contributed by atoms with van der Waals surface area (Å²) in [4.78, 5) is 19.3. The summed E-state index contributed by atoms with van der Waals surface area (Å²) in [5.41, 5.74) is 2.83. The Hall–Kier alpha value is -0.490. The van der Waals surface area contributed by atoms with Crippen LogP contribution in [-0.4, -0.2) is 56.6 Å². The predicted octanol–water partition coefficient (Wildman–Crippen LogP) is 0.951. The number of hydrogen-bond donors (Lipinski definition) is 2. The molecule has 0 aromatic heterocycles. The topological polar surface area (TPSA) is 53.6 Å². The minimum atomic E-state index is -0.132. The molecule has 1 heterocycles. The minimum absolute atomic E-state index is 0.132. The van der Waals surface area contributed by atoms with Crippen molar-refractivity contribution in [2.75, 3.05) is 39.8 Å². The standard InChI is InChI=1S/C14H29N3O2/c1-3-6-14(18)13(16-19-2)7-4-5-10-17-11-8-15-9-12-17/h13,15-16H,3-12H2,1-2H3/t13-/m0/s1. The molecule has 1 rings (SSSR count). The molecular weight excluding hydrogens is 242 g/mol. The normalized spacial score (nSPS) is 18.4. The summed E-state index contributed by atoms with van der Waals surface area (Å²) in [6.45, 7) is 7.67. The van der Waals surface area contributed by atoms with Gasteiger partial charge in [-0.1, -0.05) is 13.3 Å². The van der Waals surface area contributed by atoms with Crippen LogP contribution in [0.5, 0.6) is 0 Å². The van der Waals surface area contributed by atoms with Gasteiger partial charge in [0.05, 0.1) is 13.2 Å². The highest BCUT2D eigenvalue weighted by Crippen LogP contribution is 2.07. The number of piperazine rings is 1. The van der Waals surface area contributed by atoms with Crippen molar-refractivity contribution in [3.05, 3.63) is 0 Å². The molecule has 0 radical (unpaired) electrons. The summed E-state index contributed by atoms with van der Waals surface area (Å²) in [7, 11) is 1.58. The molecule has 1 atom stereocenters. The van der Waals surface area contributed by atoms with Gasteiger partial charge in [-0.3, -0.25) is 4.79 Å². The molecule has 0 unspecified atom stereocenters. The van der Waals surface area contributed by atoms with E-state index in [1.165, 1.54) is 0 Å². The van der Waals surface area contributed by atoms with Gasteiger partial charge >= 0.3 is 0 Å². The molecule has 112 valence electrons. The number of rotatable bonds is 10. The number of unbranched alkanes of at least 4 members (excludes halogenated alkanes) is 1. The maximum absolute atomic E-state index is 11.9. The van der Waals surface area contributed by atoms with E-state index in [4.69, 9.17) is 4.84 Å². The van der Waals surface area contributed by atoms with Gasteiger partial charge in [0.2, 0.25) is 0 Å². The SMILES string of the molecule is CCCC(=O)[C@H](CCCCN1CCNCC1)NOC. The second-order valence-corrected chi connectivity index (χ2v) is 5.18. The van der Waals surface area contributed by atoms with Crippen molar-refractivity contribution in [1.82, 2.24) is 15.7 Å². The van der Waals surface area contributed by atoms with E-state index in [0.717, 1.165) is 58.4 Å². The van der Waals surface area contributed by atoms with Gasteiger partial charge in [-0.25, -0.2) is 0 Å². The summed E-state index contributed by atoms with van der Waals surface area (Å²) >= 11 is 0. The Kier molecular flexibility index (Phi) is 8.99. The second kappa shape index (κ2) is 10.3. The Morgan fingerprint density at radius 1 is 1.37 bits per heavy atom. The average Bonchev–Trinajstić information content (AvgIpc) is 2.43. The van der Waals surface area contributed by atoms with Crippen molar-refractivity contribution in [2.45, 2.75) is 45.1 Å². The summed E-state index contributed by atoms with van der Waals surface area (Å²) in [5.74, 6) is 0.270. The Morgan fingerprint density at radius 2 is 2.11 bits per heavy atom. The van der Waals surface area contributed by atoms with E-state index in [-0.39, 0.29) is 11.8 Å². The predicted molar refractivity (Wildman–Crippen MR) is 77.0 cm³/mol. The van der Waals surface area contributed by atoms with Gasteiger partial charge in [-0.2, -0.15) is 5.48 Å². The third-order valence-corrected chi connectivity index (χ3v) is 3.57. The third kappa shape index (κ3) is 7.01. The monoisotopic (exact) mass is 271 g/mol. The van der Waals surface area contributed by atoms with E-state index in [1.807, 2.05) is 6.92 Å². The van der Waals surface area contributed by atoms with E-state index < -0.39 is 0 Å². The zero-order chi connectivity index (χ0) is 13.9. The van der Waals surface area contributed by atoms with Gasteiger partial charge in [-0.15, -0.1) is 0 Å². The molecule has 5 heteroatoms. The van der Waals surface area contributed by atoms with Crippen LogP contribution >= 0.6 is 0 Å². The van der Waals surface area contributed by atoms with Crippen molar-refractivity contribution in [3.63, 3.8) is 0 Å². The van der Waals surface area contributed by atoms with Crippen molar-refractivity contribution in [2.24, 2.45) is 0 Å². The van der Waals surface area contributed by atoms with E-state index in [9.17, 15) is 4.79 Å². The van der Waals surface area contributed by atoms with Crippen LogP contribution in [0.2, 0.25) is 0 Å². The molecule has 0 aromatic rings. The molecule has 1 saturated heterocycles. The van der Waals surface area contributed by atoms with Crippen LogP contribution in [0.15, 0.2) is 0 Å². The smallest absolute Gasteiger partial charge is 0.152 e. The number of hydrogen-bond acceptors (Lipinski definition) is 5. The lowest BCUT2D eigenvalue weighted by Crippen LogP contribution is -2.43. The molecule has 1 aliphatic rings. The van der Waals surface area contributed by atoms with Crippen LogP contribution < -0.4 is 10.8 Å². The quantitative estimate of drug-likeness (QED) is 0.458. The highest BCUT2D eigenvalue weighted by molar-refractivity contribution is 5.83.